The second kappa shape index (κ2) is 5.86. The number of hydrogen-bond donors (Lipinski definition) is 1. The van der Waals surface area contributed by atoms with Crippen molar-refractivity contribution in [3.63, 3.8) is 0 Å². The molecule has 0 amide bonds. The van der Waals surface area contributed by atoms with E-state index in [9.17, 15) is 13.2 Å². The number of aromatic nitrogens is 1. The Hall–Kier alpha value is -1.92. The lowest BCUT2D eigenvalue weighted by molar-refractivity contribution is -0.137. The van der Waals surface area contributed by atoms with Gasteiger partial charge in [-0.05, 0) is 29.7 Å². The Morgan fingerprint density at radius 3 is 2.46 bits per heavy atom. The Labute approximate surface area is 137 Å². The van der Waals surface area contributed by atoms with Crippen molar-refractivity contribution in [2.45, 2.75) is 37.3 Å². The predicted molar refractivity (Wildman–Crippen MR) is 82.5 cm³/mol. The first-order valence-corrected chi connectivity index (χ1v) is 7.99. The number of alkyl halides is 3. The van der Waals surface area contributed by atoms with Gasteiger partial charge >= 0.3 is 6.18 Å². The fourth-order valence-corrected chi connectivity index (χ4v) is 3.41. The summed E-state index contributed by atoms with van der Waals surface area (Å²) in [6.45, 7) is 0.929. The number of halogens is 3. The number of ether oxygens (including phenoxy) is 1. The Morgan fingerprint density at radius 2 is 1.92 bits per heavy atom. The summed E-state index contributed by atoms with van der Waals surface area (Å²) in [5.41, 5.74) is 2.05. The molecule has 2 aliphatic heterocycles. The molecule has 3 atom stereocenters. The van der Waals surface area contributed by atoms with E-state index in [1.54, 1.807) is 0 Å². The van der Waals surface area contributed by atoms with E-state index in [4.69, 9.17) is 4.74 Å². The molecule has 0 radical (unpaired) electrons. The van der Waals surface area contributed by atoms with Crippen LogP contribution in [0.3, 0.4) is 0 Å². The van der Waals surface area contributed by atoms with Gasteiger partial charge in [-0.2, -0.15) is 13.2 Å². The Morgan fingerprint density at radius 1 is 1.12 bits per heavy atom. The summed E-state index contributed by atoms with van der Waals surface area (Å²) in [6, 6.07) is 10.9. The molecule has 2 fully saturated rings. The highest BCUT2D eigenvalue weighted by atomic mass is 19.4. The highest BCUT2D eigenvalue weighted by Gasteiger charge is 2.41. The lowest BCUT2D eigenvalue weighted by Crippen LogP contribution is -2.33. The molecule has 3 heterocycles. The van der Waals surface area contributed by atoms with E-state index in [1.165, 1.54) is 6.07 Å². The molecule has 24 heavy (non-hydrogen) atoms. The van der Waals surface area contributed by atoms with Crippen LogP contribution in [0.1, 0.15) is 34.9 Å². The average Bonchev–Trinajstić information content (AvgIpc) is 3.18. The summed E-state index contributed by atoms with van der Waals surface area (Å²) in [5.74, 6) is 0. The van der Waals surface area contributed by atoms with E-state index >= 15 is 0 Å². The van der Waals surface area contributed by atoms with Crippen molar-refractivity contribution in [3.8, 4) is 0 Å². The maximum absolute atomic E-state index is 12.5. The Bertz CT molecular complexity index is 713. The van der Waals surface area contributed by atoms with Gasteiger partial charge in [0.15, 0.2) is 0 Å². The molecule has 0 aliphatic carbocycles. The number of hydrogen-bond acceptors (Lipinski definition) is 3. The summed E-state index contributed by atoms with van der Waals surface area (Å²) in [5, 5.41) is 3.45. The monoisotopic (exact) mass is 334 g/mol. The lowest BCUT2D eigenvalue weighted by atomic mass is 10.00. The van der Waals surface area contributed by atoms with E-state index in [1.807, 2.05) is 24.3 Å². The summed E-state index contributed by atoms with van der Waals surface area (Å²) in [4.78, 5) is 3.92. The number of nitrogens with one attached hydrogen (secondary N) is 1. The van der Waals surface area contributed by atoms with Crippen LogP contribution in [0.5, 0.6) is 0 Å². The van der Waals surface area contributed by atoms with Gasteiger partial charge in [0.1, 0.15) is 0 Å². The molecule has 0 spiro atoms. The Kier molecular flexibility index (Phi) is 3.81. The van der Waals surface area contributed by atoms with Gasteiger partial charge in [0.05, 0.1) is 17.8 Å². The van der Waals surface area contributed by atoms with E-state index in [-0.39, 0.29) is 6.10 Å². The number of morpholine rings is 1. The van der Waals surface area contributed by atoms with Gasteiger partial charge in [-0.25, -0.2) is 0 Å². The van der Waals surface area contributed by atoms with Crippen molar-refractivity contribution in [1.82, 2.24) is 10.3 Å². The van der Waals surface area contributed by atoms with Gasteiger partial charge in [0.25, 0.3) is 0 Å². The summed E-state index contributed by atoms with van der Waals surface area (Å²) in [7, 11) is 0. The molecule has 2 bridgehead atoms. The maximum Gasteiger partial charge on any atom is 0.417 e. The van der Waals surface area contributed by atoms with Crippen LogP contribution < -0.4 is 5.32 Å². The molecule has 0 unspecified atom stereocenters. The van der Waals surface area contributed by atoms with Crippen LogP contribution >= 0.6 is 0 Å². The quantitative estimate of drug-likeness (QED) is 0.933. The molecule has 126 valence electrons. The van der Waals surface area contributed by atoms with Gasteiger partial charge < -0.3 is 10.1 Å². The molecular formula is C18H17F3N2O. The largest absolute Gasteiger partial charge is 0.417 e. The van der Waals surface area contributed by atoms with Crippen LogP contribution in [0.25, 0.3) is 0 Å². The first kappa shape index (κ1) is 15.6. The normalized spacial score (nSPS) is 26.0. The molecule has 2 aromatic rings. The van der Waals surface area contributed by atoms with Gasteiger partial charge in [-0.1, -0.05) is 24.3 Å². The van der Waals surface area contributed by atoms with Gasteiger partial charge in [0, 0.05) is 30.9 Å². The molecule has 3 nitrogen and oxygen atoms in total. The third kappa shape index (κ3) is 3.03. The minimum atomic E-state index is -4.35. The number of benzene rings is 1. The van der Waals surface area contributed by atoms with Gasteiger partial charge in [0.2, 0.25) is 0 Å². The molecular weight excluding hydrogens is 317 g/mol. The molecule has 1 N–H and O–H groups in total. The summed E-state index contributed by atoms with van der Waals surface area (Å²) in [6.07, 6.45) is -1.48. The van der Waals surface area contributed by atoms with Crippen molar-refractivity contribution >= 4 is 0 Å². The predicted octanol–water partition coefficient (Wildman–Crippen LogP) is 3.49. The summed E-state index contributed by atoms with van der Waals surface area (Å²) >= 11 is 0. The number of pyridine rings is 1. The molecule has 1 aromatic heterocycles. The van der Waals surface area contributed by atoms with Crippen molar-refractivity contribution in [3.05, 3.63) is 65.0 Å². The zero-order valence-electron chi connectivity index (χ0n) is 12.9. The number of rotatable bonds is 3. The second-order valence-corrected chi connectivity index (χ2v) is 6.38. The molecule has 1 aromatic carbocycles. The highest BCUT2D eigenvalue weighted by Crippen LogP contribution is 2.36. The standard InChI is InChI=1S/C18H17F3N2O/c19-18(20,21)13-5-6-14(22-9-13)7-11-1-3-12(4-2-11)17-16-8-15(24-17)10-23-16/h1-6,9,15-17,23H,7-8,10H2/t15-,16-,17+/m1/s1. The topological polar surface area (TPSA) is 34.1 Å². The van der Waals surface area contributed by atoms with Crippen LogP contribution in [-0.2, 0) is 17.3 Å². The molecule has 6 heteroatoms. The van der Waals surface area contributed by atoms with Crippen molar-refractivity contribution in [2.75, 3.05) is 6.54 Å². The summed E-state index contributed by atoms with van der Waals surface area (Å²) < 4.78 is 43.6. The van der Waals surface area contributed by atoms with Gasteiger partial charge in [-0.3, -0.25) is 4.98 Å². The van der Waals surface area contributed by atoms with E-state index in [0.717, 1.165) is 36.4 Å². The molecule has 2 aliphatic rings. The molecule has 0 saturated carbocycles. The van der Waals surface area contributed by atoms with E-state index in [0.29, 0.717) is 24.3 Å². The number of nitrogens with zero attached hydrogens (tertiary/aromatic N) is 1. The van der Waals surface area contributed by atoms with Crippen molar-refractivity contribution < 1.29 is 17.9 Å². The highest BCUT2D eigenvalue weighted by molar-refractivity contribution is 5.30. The van der Waals surface area contributed by atoms with E-state index < -0.39 is 11.7 Å². The Balaban J connectivity index is 1.44. The maximum atomic E-state index is 12.5. The SMILES string of the molecule is FC(F)(F)c1ccc(Cc2ccc([C@@H]3O[C@H]4CN[C@@H]3C4)cc2)nc1. The van der Waals surface area contributed by atoms with Crippen LogP contribution in [0.2, 0.25) is 0 Å². The molecule has 4 rings (SSSR count). The van der Waals surface area contributed by atoms with Crippen LogP contribution in [0.4, 0.5) is 13.2 Å². The van der Waals surface area contributed by atoms with Crippen molar-refractivity contribution in [1.29, 1.82) is 0 Å². The van der Waals surface area contributed by atoms with Crippen molar-refractivity contribution in [2.24, 2.45) is 0 Å². The average molecular weight is 334 g/mol. The zero-order chi connectivity index (χ0) is 16.7. The fourth-order valence-electron chi connectivity index (χ4n) is 3.41. The minimum absolute atomic E-state index is 0.0991. The smallest absolute Gasteiger partial charge is 0.367 e. The first-order chi connectivity index (χ1) is 11.5. The number of fused-ring (bicyclic) bond motifs is 2. The lowest BCUT2D eigenvalue weighted by Gasteiger charge is -2.23. The van der Waals surface area contributed by atoms with Crippen LogP contribution in [-0.4, -0.2) is 23.7 Å². The van der Waals surface area contributed by atoms with E-state index in [2.05, 4.69) is 10.3 Å². The second-order valence-electron chi connectivity index (χ2n) is 6.38. The van der Waals surface area contributed by atoms with Crippen LogP contribution in [0.15, 0.2) is 42.6 Å². The zero-order valence-corrected chi connectivity index (χ0v) is 12.9. The molecule has 2 saturated heterocycles. The minimum Gasteiger partial charge on any atom is -0.367 e. The van der Waals surface area contributed by atoms with Gasteiger partial charge in [-0.15, -0.1) is 0 Å². The first-order valence-electron chi connectivity index (χ1n) is 7.99. The third-order valence-electron chi connectivity index (χ3n) is 4.67. The fraction of sp³-hybridized carbons (Fsp3) is 0.389. The van der Waals surface area contributed by atoms with Crippen LogP contribution in [0, 0.1) is 0 Å². The third-order valence-corrected chi connectivity index (χ3v) is 4.67.